The van der Waals surface area contributed by atoms with Gasteiger partial charge < -0.3 is 4.74 Å². The van der Waals surface area contributed by atoms with Crippen molar-refractivity contribution in [3.05, 3.63) is 24.3 Å². The van der Waals surface area contributed by atoms with E-state index in [4.69, 9.17) is 4.74 Å². The molecule has 0 aromatic rings. The molecular formula is C19H26O2. The fraction of sp³-hybridized carbons (Fsp3) is 0.737. The van der Waals surface area contributed by atoms with Gasteiger partial charge in [0.1, 0.15) is 0 Å². The van der Waals surface area contributed by atoms with Crippen LogP contribution in [0.15, 0.2) is 24.3 Å². The van der Waals surface area contributed by atoms with Crippen molar-refractivity contribution in [3.8, 4) is 0 Å². The topological polar surface area (TPSA) is 26.3 Å². The third-order valence-corrected chi connectivity index (χ3v) is 7.32. The minimum absolute atomic E-state index is 0.118. The van der Waals surface area contributed by atoms with Crippen LogP contribution >= 0.6 is 0 Å². The van der Waals surface area contributed by atoms with Crippen molar-refractivity contribution in [2.24, 2.45) is 35.0 Å². The molecule has 3 saturated carbocycles. The number of carbonyl (C=O) groups excluding carboxylic acids is 1. The van der Waals surface area contributed by atoms with E-state index in [9.17, 15) is 4.79 Å². The molecule has 0 bridgehead atoms. The van der Waals surface area contributed by atoms with E-state index in [0.29, 0.717) is 23.9 Å². The molecule has 0 N–H and O–H groups in total. The summed E-state index contributed by atoms with van der Waals surface area (Å²) in [5.41, 5.74) is 1.87. The normalized spacial score (nSPS) is 48.5. The summed E-state index contributed by atoms with van der Waals surface area (Å²) in [6.07, 6.45) is 11.7. The van der Waals surface area contributed by atoms with Crippen LogP contribution in [0.25, 0.3) is 0 Å². The minimum atomic E-state index is -0.118. The molecule has 5 unspecified atom stereocenters. The number of fused-ring (bicyclic) bond motifs is 5. The van der Waals surface area contributed by atoms with E-state index in [1.165, 1.54) is 37.7 Å². The van der Waals surface area contributed by atoms with Crippen LogP contribution in [-0.4, -0.2) is 12.6 Å². The number of allylic oxidation sites excluding steroid dienone is 1. The maximum Gasteiger partial charge on any atom is 0.330 e. The van der Waals surface area contributed by atoms with E-state index in [1.807, 2.05) is 0 Å². The van der Waals surface area contributed by atoms with E-state index in [2.05, 4.69) is 19.6 Å². The van der Waals surface area contributed by atoms with Gasteiger partial charge in [0.2, 0.25) is 0 Å². The van der Waals surface area contributed by atoms with Crippen LogP contribution < -0.4 is 0 Å². The van der Waals surface area contributed by atoms with Gasteiger partial charge in [-0.3, -0.25) is 0 Å². The van der Waals surface area contributed by atoms with Gasteiger partial charge in [-0.05, 0) is 67.6 Å². The highest BCUT2D eigenvalue weighted by atomic mass is 16.5. The van der Waals surface area contributed by atoms with Crippen LogP contribution in [0.4, 0.5) is 0 Å². The average molecular weight is 286 g/mol. The molecule has 2 nitrogen and oxygen atoms in total. The molecule has 114 valence electrons. The Bertz CT molecular complexity index is 506. The molecule has 0 saturated heterocycles. The third-order valence-electron chi connectivity index (χ3n) is 7.32. The second kappa shape index (κ2) is 4.72. The standard InChI is InChI=1S/C19H26O2/c1-3-13-5-7-17-15-6-4-12-10-18(20)21-11-16(12)14(15)8-9-19(13,17)2/h3,10,13-17H,1,4-9,11H2,2H3/t13-,14?,15?,16?,17?,19?/m0/s1. The SMILES string of the molecule is C=C[C@H]1CCC2C3CCC4=CC(=O)OCC4C3CCC21C. The Balaban J connectivity index is 1.62. The van der Waals surface area contributed by atoms with E-state index in [0.717, 1.165) is 24.2 Å². The van der Waals surface area contributed by atoms with E-state index in [-0.39, 0.29) is 5.97 Å². The smallest absolute Gasteiger partial charge is 0.330 e. The predicted molar refractivity (Wildman–Crippen MR) is 82.5 cm³/mol. The zero-order valence-electron chi connectivity index (χ0n) is 13.0. The summed E-state index contributed by atoms with van der Waals surface area (Å²) in [7, 11) is 0. The number of cyclic esters (lactones) is 1. The van der Waals surface area contributed by atoms with Crippen LogP contribution in [-0.2, 0) is 9.53 Å². The highest BCUT2D eigenvalue weighted by Gasteiger charge is 2.55. The molecule has 3 fully saturated rings. The monoisotopic (exact) mass is 286 g/mol. The zero-order valence-corrected chi connectivity index (χ0v) is 13.0. The van der Waals surface area contributed by atoms with E-state index in [1.54, 1.807) is 6.08 Å². The highest BCUT2D eigenvalue weighted by molar-refractivity contribution is 5.83. The van der Waals surface area contributed by atoms with Crippen LogP contribution in [0.5, 0.6) is 0 Å². The Morgan fingerprint density at radius 3 is 2.95 bits per heavy atom. The molecule has 0 spiro atoms. The summed E-state index contributed by atoms with van der Waals surface area (Å²) in [6.45, 7) is 7.24. The van der Waals surface area contributed by atoms with Gasteiger partial charge in [-0.1, -0.05) is 18.6 Å². The second-order valence-corrected chi connectivity index (χ2v) is 7.89. The third kappa shape index (κ3) is 1.87. The Morgan fingerprint density at radius 1 is 1.29 bits per heavy atom. The maximum atomic E-state index is 11.5. The average Bonchev–Trinajstić information content (AvgIpc) is 2.83. The Morgan fingerprint density at radius 2 is 2.14 bits per heavy atom. The van der Waals surface area contributed by atoms with Crippen molar-refractivity contribution in [2.45, 2.75) is 45.4 Å². The molecule has 0 amide bonds. The lowest BCUT2D eigenvalue weighted by Gasteiger charge is -2.53. The highest BCUT2D eigenvalue weighted by Crippen LogP contribution is 2.63. The predicted octanol–water partition coefficient (Wildman–Crippen LogP) is 4.12. The zero-order chi connectivity index (χ0) is 14.6. The number of hydrogen-bond acceptors (Lipinski definition) is 2. The molecule has 4 rings (SSSR count). The van der Waals surface area contributed by atoms with Crippen molar-refractivity contribution in [1.82, 2.24) is 0 Å². The maximum absolute atomic E-state index is 11.5. The number of rotatable bonds is 1. The van der Waals surface area contributed by atoms with Gasteiger partial charge in [-0.2, -0.15) is 0 Å². The quantitative estimate of drug-likeness (QED) is 0.535. The Labute approximate surface area is 127 Å². The van der Waals surface area contributed by atoms with Crippen LogP contribution in [0, 0.1) is 35.0 Å². The first kappa shape index (κ1) is 13.6. The first-order valence-electron chi connectivity index (χ1n) is 8.63. The van der Waals surface area contributed by atoms with Crippen molar-refractivity contribution in [1.29, 1.82) is 0 Å². The summed E-state index contributed by atoms with van der Waals surface area (Å²) in [6, 6.07) is 0. The fourth-order valence-electron chi connectivity index (χ4n) is 6.23. The minimum Gasteiger partial charge on any atom is -0.462 e. The fourth-order valence-corrected chi connectivity index (χ4v) is 6.23. The summed E-state index contributed by atoms with van der Waals surface area (Å²) >= 11 is 0. The number of hydrogen-bond donors (Lipinski definition) is 0. The largest absolute Gasteiger partial charge is 0.462 e. The number of carbonyl (C=O) groups is 1. The van der Waals surface area contributed by atoms with Gasteiger partial charge >= 0.3 is 5.97 Å². The Hall–Kier alpha value is -1.05. The number of ether oxygens (including phenoxy) is 1. The summed E-state index contributed by atoms with van der Waals surface area (Å²) in [5, 5.41) is 0. The van der Waals surface area contributed by atoms with Crippen LogP contribution in [0.3, 0.4) is 0 Å². The molecule has 21 heavy (non-hydrogen) atoms. The van der Waals surface area contributed by atoms with Gasteiger partial charge in [0.15, 0.2) is 0 Å². The molecule has 0 aromatic carbocycles. The molecule has 2 heteroatoms. The first-order valence-corrected chi connectivity index (χ1v) is 8.63. The first-order chi connectivity index (χ1) is 10.1. The molecule has 0 aromatic heterocycles. The summed E-state index contributed by atoms with van der Waals surface area (Å²) in [4.78, 5) is 11.5. The summed E-state index contributed by atoms with van der Waals surface area (Å²) < 4.78 is 5.34. The van der Waals surface area contributed by atoms with Gasteiger partial charge in [0.05, 0.1) is 6.61 Å². The molecular weight excluding hydrogens is 260 g/mol. The molecule has 3 aliphatic carbocycles. The van der Waals surface area contributed by atoms with Crippen molar-refractivity contribution < 1.29 is 9.53 Å². The van der Waals surface area contributed by atoms with Gasteiger partial charge in [-0.25, -0.2) is 4.79 Å². The van der Waals surface area contributed by atoms with Gasteiger partial charge in [0, 0.05) is 12.0 Å². The molecule has 1 aliphatic heterocycles. The van der Waals surface area contributed by atoms with Gasteiger partial charge in [-0.15, -0.1) is 6.58 Å². The van der Waals surface area contributed by atoms with Crippen LogP contribution in [0.1, 0.15) is 45.4 Å². The van der Waals surface area contributed by atoms with Crippen molar-refractivity contribution in [2.75, 3.05) is 6.61 Å². The van der Waals surface area contributed by atoms with Gasteiger partial charge in [0.25, 0.3) is 0 Å². The molecule has 1 heterocycles. The van der Waals surface area contributed by atoms with Crippen LogP contribution in [0.2, 0.25) is 0 Å². The summed E-state index contributed by atoms with van der Waals surface area (Å²) in [5.74, 6) is 3.57. The van der Waals surface area contributed by atoms with Crippen molar-refractivity contribution in [3.63, 3.8) is 0 Å². The molecule has 6 atom stereocenters. The number of esters is 1. The molecule has 0 radical (unpaired) electrons. The van der Waals surface area contributed by atoms with E-state index < -0.39 is 0 Å². The van der Waals surface area contributed by atoms with Crippen molar-refractivity contribution >= 4 is 5.97 Å². The lowest BCUT2D eigenvalue weighted by atomic mass is 9.52. The molecule has 4 aliphatic rings. The second-order valence-electron chi connectivity index (χ2n) is 7.89. The van der Waals surface area contributed by atoms with E-state index >= 15 is 0 Å². The Kier molecular flexibility index (Phi) is 3.06. The lowest BCUT2D eigenvalue weighted by Crippen LogP contribution is -2.47. The lowest BCUT2D eigenvalue weighted by molar-refractivity contribution is -0.142.